The molecule has 0 fully saturated rings. The van der Waals surface area contributed by atoms with Crippen LogP contribution in [0, 0.1) is 5.82 Å². The monoisotopic (exact) mass is 417 g/mol. The number of nitrogens with zero attached hydrogens (tertiary/aromatic N) is 2. The fourth-order valence-corrected chi connectivity index (χ4v) is 3.44. The number of aliphatic hydroxyl groups excluding tert-OH is 1. The second kappa shape index (κ2) is 8.89. The first-order valence-electron chi connectivity index (χ1n) is 9.79. The van der Waals surface area contributed by atoms with E-state index >= 15 is 0 Å². The van der Waals surface area contributed by atoms with Gasteiger partial charge in [-0.1, -0.05) is 36.4 Å². The van der Waals surface area contributed by atoms with Crippen molar-refractivity contribution in [3.05, 3.63) is 102 Å². The van der Waals surface area contributed by atoms with Crippen LogP contribution in [0.1, 0.15) is 38.7 Å². The summed E-state index contributed by atoms with van der Waals surface area (Å²) in [5.74, 6) is -1.82. The van der Waals surface area contributed by atoms with Gasteiger partial charge >= 0.3 is 0 Å². The third kappa shape index (κ3) is 4.36. The van der Waals surface area contributed by atoms with Crippen LogP contribution >= 0.6 is 0 Å². The second-order valence-electron chi connectivity index (χ2n) is 7.14. The highest BCUT2D eigenvalue weighted by molar-refractivity contribution is 6.04. The van der Waals surface area contributed by atoms with Gasteiger partial charge in [0.15, 0.2) is 5.78 Å². The van der Waals surface area contributed by atoms with Gasteiger partial charge in [0.05, 0.1) is 18.5 Å². The van der Waals surface area contributed by atoms with Crippen LogP contribution in [0.5, 0.6) is 0 Å². The van der Waals surface area contributed by atoms with Gasteiger partial charge in [0.1, 0.15) is 17.2 Å². The molecule has 1 atom stereocenters. The zero-order chi connectivity index (χ0) is 21.8. The Bertz CT molecular complexity index is 1240. The number of rotatable bonds is 7. The van der Waals surface area contributed by atoms with E-state index in [1.165, 1.54) is 18.3 Å². The van der Waals surface area contributed by atoms with E-state index in [-0.39, 0.29) is 41.7 Å². The maximum atomic E-state index is 14.4. The van der Waals surface area contributed by atoms with Crippen molar-refractivity contribution in [3.63, 3.8) is 0 Å². The zero-order valence-corrected chi connectivity index (χ0v) is 16.5. The van der Waals surface area contributed by atoms with Gasteiger partial charge in [0.25, 0.3) is 5.91 Å². The summed E-state index contributed by atoms with van der Waals surface area (Å²) < 4.78 is 15.9. The van der Waals surface area contributed by atoms with E-state index < -0.39 is 11.7 Å². The predicted molar refractivity (Wildman–Crippen MR) is 115 cm³/mol. The number of benzene rings is 2. The van der Waals surface area contributed by atoms with Gasteiger partial charge in [0.2, 0.25) is 0 Å². The average Bonchev–Trinajstić information content (AvgIpc) is 3.23. The summed E-state index contributed by atoms with van der Waals surface area (Å²) in [6.07, 6.45) is 3.15. The van der Waals surface area contributed by atoms with Gasteiger partial charge < -0.3 is 10.4 Å². The van der Waals surface area contributed by atoms with Crippen molar-refractivity contribution in [2.24, 2.45) is 0 Å². The number of halogens is 1. The molecule has 156 valence electrons. The second-order valence-corrected chi connectivity index (χ2v) is 7.14. The maximum Gasteiger partial charge on any atom is 0.274 e. The van der Waals surface area contributed by atoms with Crippen LogP contribution in [0.2, 0.25) is 0 Å². The average molecular weight is 417 g/mol. The molecule has 1 amide bonds. The lowest BCUT2D eigenvalue weighted by Gasteiger charge is -2.14. The van der Waals surface area contributed by atoms with Gasteiger partial charge in [-0.15, -0.1) is 0 Å². The van der Waals surface area contributed by atoms with Gasteiger partial charge in [-0.25, -0.2) is 9.37 Å². The summed E-state index contributed by atoms with van der Waals surface area (Å²) in [5, 5.41) is 12.2. The predicted octanol–water partition coefficient (Wildman–Crippen LogP) is 4.07. The van der Waals surface area contributed by atoms with E-state index in [1.54, 1.807) is 28.8 Å². The summed E-state index contributed by atoms with van der Waals surface area (Å²) in [6, 6.07) is 18.4. The van der Waals surface area contributed by atoms with E-state index in [0.29, 0.717) is 5.65 Å². The Morgan fingerprint density at radius 3 is 2.61 bits per heavy atom. The van der Waals surface area contributed by atoms with Crippen molar-refractivity contribution in [2.75, 3.05) is 11.9 Å². The third-order valence-electron chi connectivity index (χ3n) is 5.11. The Labute approximate surface area is 178 Å². The molecule has 0 spiro atoms. The number of fused-ring (bicyclic) bond motifs is 1. The Morgan fingerprint density at radius 2 is 1.84 bits per heavy atom. The maximum absolute atomic E-state index is 14.4. The summed E-state index contributed by atoms with van der Waals surface area (Å²) in [5.41, 5.74) is 1.84. The zero-order valence-electron chi connectivity index (χ0n) is 16.5. The van der Waals surface area contributed by atoms with E-state index in [1.807, 2.05) is 30.3 Å². The molecule has 0 aliphatic carbocycles. The molecule has 4 aromatic rings. The van der Waals surface area contributed by atoms with Crippen molar-refractivity contribution in [1.82, 2.24) is 9.38 Å². The van der Waals surface area contributed by atoms with Crippen LogP contribution in [0.3, 0.4) is 0 Å². The molecule has 0 saturated carbocycles. The van der Waals surface area contributed by atoms with E-state index in [9.17, 15) is 19.1 Å². The molecular formula is C24H20FN3O3. The SMILES string of the molecule is O=C(C[C@@H](CO)c1ccccc1)c1ccc(F)c(NC(=O)c2cnc3ccccn23)c1. The number of pyridine rings is 1. The Kier molecular flexibility index (Phi) is 5.86. The number of aliphatic hydroxyl groups is 1. The number of Topliss-reactive ketones (excluding diaryl/α,β-unsaturated/α-hetero) is 1. The number of hydrogen-bond donors (Lipinski definition) is 2. The summed E-state index contributed by atoms with van der Waals surface area (Å²) in [6.45, 7) is -0.186. The molecule has 0 aliphatic rings. The van der Waals surface area contributed by atoms with Crippen molar-refractivity contribution in [3.8, 4) is 0 Å². The van der Waals surface area contributed by atoms with Crippen molar-refractivity contribution in [2.45, 2.75) is 12.3 Å². The highest BCUT2D eigenvalue weighted by Gasteiger charge is 2.19. The quantitative estimate of drug-likeness (QED) is 0.444. The first kappa shape index (κ1) is 20.4. The third-order valence-corrected chi connectivity index (χ3v) is 5.11. The normalized spacial score (nSPS) is 11.9. The Hall–Kier alpha value is -3.84. The number of carbonyl (C=O) groups is 2. The number of imidazole rings is 1. The molecule has 4 rings (SSSR count). The van der Waals surface area contributed by atoms with E-state index in [2.05, 4.69) is 10.3 Å². The van der Waals surface area contributed by atoms with E-state index in [4.69, 9.17) is 0 Å². The number of amides is 1. The minimum atomic E-state index is -0.652. The highest BCUT2D eigenvalue weighted by Crippen LogP contribution is 2.24. The molecule has 31 heavy (non-hydrogen) atoms. The lowest BCUT2D eigenvalue weighted by molar-refractivity contribution is 0.0958. The Morgan fingerprint density at radius 1 is 1.06 bits per heavy atom. The van der Waals surface area contributed by atoms with E-state index in [0.717, 1.165) is 11.6 Å². The van der Waals surface area contributed by atoms with Gasteiger partial charge in [-0.05, 0) is 35.9 Å². The number of nitrogens with one attached hydrogen (secondary N) is 1. The smallest absolute Gasteiger partial charge is 0.274 e. The molecule has 0 aliphatic heterocycles. The molecule has 2 heterocycles. The van der Waals surface area contributed by atoms with Crippen LogP contribution in [0.25, 0.3) is 5.65 Å². The number of aromatic nitrogens is 2. The van der Waals surface area contributed by atoms with Crippen molar-refractivity contribution >= 4 is 23.0 Å². The van der Waals surface area contributed by atoms with Gasteiger partial charge in [-0.3, -0.25) is 14.0 Å². The van der Waals surface area contributed by atoms with Crippen LogP contribution in [0.15, 0.2) is 79.1 Å². The molecule has 0 saturated heterocycles. The number of carbonyl (C=O) groups excluding carboxylic acids is 2. The minimum Gasteiger partial charge on any atom is -0.396 e. The summed E-state index contributed by atoms with van der Waals surface area (Å²) in [7, 11) is 0. The van der Waals surface area contributed by atoms with Crippen LogP contribution in [-0.4, -0.2) is 32.8 Å². The topological polar surface area (TPSA) is 83.7 Å². The molecule has 2 aromatic carbocycles. The number of anilines is 1. The summed E-state index contributed by atoms with van der Waals surface area (Å²) >= 11 is 0. The Balaban J connectivity index is 1.54. The minimum absolute atomic E-state index is 0.0623. The van der Waals surface area contributed by atoms with Crippen LogP contribution < -0.4 is 5.32 Å². The van der Waals surface area contributed by atoms with Crippen LogP contribution in [0.4, 0.5) is 10.1 Å². The number of hydrogen-bond acceptors (Lipinski definition) is 4. The molecule has 7 heteroatoms. The molecule has 0 radical (unpaired) electrons. The van der Waals surface area contributed by atoms with Gasteiger partial charge in [0, 0.05) is 24.1 Å². The van der Waals surface area contributed by atoms with Gasteiger partial charge in [-0.2, -0.15) is 0 Å². The molecular weight excluding hydrogens is 397 g/mol. The molecule has 6 nitrogen and oxygen atoms in total. The lowest BCUT2D eigenvalue weighted by atomic mass is 9.92. The lowest BCUT2D eigenvalue weighted by Crippen LogP contribution is -2.16. The fraction of sp³-hybridized carbons (Fsp3) is 0.125. The molecule has 0 unspecified atom stereocenters. The van der Waals surface area contributed by atoms with Crippen LogP contribution in [-0.2, 0) is 0 Å². The molecule has 0 bridgehead atoms. The first-order chi connectivity index (χ1) is 15.1. The van der Waals surface area contributed by atoms with Crippen molar-refractivity contribution < 1.29 is 19.1 Å². The number of ketones is 1. The largest absolute Gasteiger partial charge is 0.396 e. The standard InChI is InChI=1S/C24H20FN3O3/c25-19-10-9-17(22(30)13-18(15-29)16-6-2-1-3-7-16)12-20(19)27-24(31)21-14-26-23-8-4-5-11-28(21)23/h1-12,14,18,29H,13,15H2,(H,27,31)/t18-/m0/s1. The highest BCUT2D eigenvalue weighted by atomic mass is 19.1. The molecule has 2 aromatic heterocycles. The van der Waals surface area contributed by atoms with Crippen molar-refractivity contribution in [1.29, 1.82) is 0 Å². The molecule has 2 N–H and O–H groups in total. The summed E-state index contributed by atoms with van der Waals surface area (Å²) in [4.78, 5) is 29.6. The fourth-order valence-electron chi connectivity index (χ4n) is 3.44. The first-order valence-corrected chi connectivity index (χ1v) is 9.79.